The van der Waals surface area contributed by atoms with E-state index >= 15 is 0 Å². The topological polar surface area (TPSA) is 60.2 Å². The van der Waals surface area contributed by atoms with Crippen molar-refractivity contribution in [1.82, 2.24) is 14.8 Å². The average Bonchev–Trinajstić information content (AvgIpc) is 3.40. The first-order valence-corrected chi connectivity index (χ1v) is 11.8. The van der Waals surface area contributed by atoms with E-state index in [0.29, 0.717) is 22.6 Å². The summed E-state index contributed by atoms with van der Waals surface area (Å²) in [7, 11) is 1.51. The summed E-state index contributed by atoms with van der Waals surface area (Å²) >= 11 is 1.06. The van der Waals surface area contributed by atoms with Gasteiger partial charge in [-0.05, 0) is 48.9 Å². The van der Waals surface area contributed by atoms with Crippen molar-refractivity contribution in [3.63, 3.8) is 0 Å². The van der Waals surface area contributed by atoms with Crippen molar-refractivity contribution in [2.75, 3.05) is 18.6 Å². The number of carbonyl (C=O) groups excluding carboxylic acids is 1. The van der Waals surface area contributed by atoms with Crippen LogP contribution in [0.15, 0.2) is 54.6 Å². The highest BCUT2D eigenvalue weighted by Gasteiger charge is 2.26. The van der Waals surface area contributed by atoms with Gasteiger partial charge in [0.2, 0.25) is 0 Å². The summed E-state index contributed by atoms with van der Waals surface area (Å²) in [6, 6.07) is 15.2. The van der Waals surface area contributed by atoms with Gasteiger partial charge in [0.05, 0.1) is 29.6 Å². The minimum Gasteiger partial charge on any atom is -0.496 e. The predicted octanol–water partition coefficient (Wildman–Crippen LogP) is 5.90. The SMILES string of the molecule is COc1cc2ccccc2cc1C(=O)N(CCn1nc(C)cc1C)c1nc2c(F)cc(F)cc2s1. The third-order valence-electron chi connectivity index (χ3n) is 5.81. The number of anilines is 1. The number of amides is 1. The number of aromatic nitrogens is 3. The van der Waals surface area contributed by atoms with Gasteiger partial charge >= 0.3 is 0 Å². The molecule has 0 bridgehead atoms. The van der Waals surface area contributed by atoms with Crippen LogP contribution >= 0.6 is 11.3 Å². The van der Waals surface area contributed by atoms with Gasteiger partial charge in [-0.2, -0.15) is 5.10 Å². The fourth-order valence-electron chi connectivity index (χ4n) is 4.14. The lowest BCUT2D eigenvalue weighted by atomic mass is 10.0. The van der Waals surface area contributed by atoms with E-state index in [0.717, 1.165) is 39.6 Å². The zero-order valence-corrected chi connectivity index (χ0v) is 20.2. The Balaban J connectivity index is 1.60. The van der Waals surface area contributed by atoms with Crippen molar-refractivity contribution >= 4 is 43.4 Å². The van der Waals surface area contributed by atoms with Crippen LogP contribution in [0.3, 0.4) is 0 Å². The molecule has 35 heavy (non-hydrogen) atoms. The summed E-state index contributed by atoms with van der Waals surface area (Å²) < 4.78 is 35.9. The Morgan fingerprint density at radius 2 is 1.83 bits per heavy atom. The number of ether oxygens (including phenoxy) is 1. The lowest BCUT2D eigenvalue weighted by Crippen LogP contribution is -2.34. The van der Waals surface area contributed by atoms with Crippen LogP contribution in [-0.2, 0) is 6.54 Å². The molecular weight excluding hydrogens is 470 g/mol. The largest absolute Gasteiger partial charge is 0.496 e. The minimum absolute atomic E-state index is 0.0285. The Morgan fingerprint density at radius 1 is 1.09 bits per heavy atom. The zero-order valence-electron chi connectivity index (χ0n) is 19.4. The molecule has 3 aromatic carbocycles. The van der Waals surface area contributed by atoms with Crippen molar-refractivity contribution < 1.29 is 18.3 Å². The van der Waals surface area contributed by atoms with E-state index in [1.807, 2.05) is 50.2 Å². The maximum absolute atomic E-state index is 14.4. The Bertz CT molecular complexity index is 1580. The molecule has 2 aromatic heterocycles. The van der Waals surface area contributed by atoms with Crippen molar-refractivity contribution in [2.24, 2.45) is 0 Å². The Labute approximate surface area is 204 Å². The lowest BCUT2D eigenvalue weighted by Gasteiger charge is -2.22. The second-order valence-electron chi connectivity index (χ2n) is 8.24. The average molecular weight is 493 g/mol. The predicted molar refractivity (Wildman–Crippen MR) is 133 cm³/mol. The highest BCUT2D eigenvalue weighted by atomic mass is 32.1. The molecule has 9 heteroatoms. The number of fused-ring (bicyclic) bond motifs is 2. The molecule has 0 N–H and O–H groups in total. The van der Waals surface area contributed by atoms with E-state index in [1.165, 1.54) is 18.1 Å². The third kappa shape index (κ3) is 4.35. The molecule has 6 nitrogen and oxygen atoms in total. The minimum atomic E-state index is -0.767. The summed E-state index contributed by atoms with van der Waals surface area (Å²) in [6.45, 7) is 4.46. The fourth-order valence-corrected chi connectivity index (χ4v) is 5.17. The number of hydrogen-bond donors (Lipinski definition) is 0. The number of hydrogen-bond acceptors (Lipinski definition) is 5. The third-order valence-corrected chi connectivity index (χ3v) is 6.84. The fraction of sp³-hybridized carbons (Fsp3) is 0.192. The number of benzene rings is 3. The molecule has 0 aliphatic rings. The molecule has 178 valence electrons. The molecule has 2 heterocycles. The number of aryl methyl sites for hydroxylation is 2. The molecule has 0 atom stereocenters. The Kier molecular flexibility index (Phi) is 5.94. The van der Waals surface area contributed by atoms with E-state index in [-0.39, 0.29) is 23.1 Å². The molecule has 0 radical (unpaired) electrons. The van der Waals surface area contributed by atoms with E-state index < -0.39 is 11.6 Å². The molecule has 0 fully saturated rings. The van der Waals surface area contributed by atoms with E-state index in [4.69, 9.17) is 4.74 Å². The molecule has 5 rings (SSSR count). The van der Waals surface area contributed by atoms with Gasteiger partial charge in [-0.25, -0.2) is 13.8 Å². The monoisotopic (exact) mass is 492 g/mol. The van der Waals surface area contributed by atoms with Gasteiger partial charge in [0, 0.05) is 18.3 Å². The van der Waals surface area contributed by atoms with Gasteiger partial charge in [0.25, 0.3) is 5.91 Å². The Morgan fingerprint density at radius 3 is 2.51 bits per heavy atom. The molecular formula is C26H22F2N4O2S. The number of methoxy groups -OCH3 is 1. The van der Waals surface area contributed by atoms with Crippen LogP contribution in [0.5, 0.6) is 5.75 Å². The van der Waals surface area contributed by atoms with Crippen molar-refractivity contribution in [1.29, 1.82) is 0 Å². The van der Waals surface area contributed by atoms with Gasteiger partial charge in [0.15, 0.2) is 10.9 Å². The van der Waals surface area contributed by atoms with Crippen molar-refractivity contribution in [2.45, 2.75) is 20.4 Å². The lowest BCUT2D eigenvalue weighted by molar-refractivity contribution is 0.0983. The van der Waals surface area contributed by atoms with Crippen LogP contribution in [0, 0.1) is 25.5 Å². The van der Waals surface area contributed by atoms with Crippen molar-refractivity contribution in [3.8, 4) is 5.75 Å². The van der Waals surface area contributed by atoms with Crippen LogP contribution in [0.2, 0.25) is 0 Å². The van der Waals surface area contributed by atoms with Crippen LogP contribution < -0.4 is 9.64 Å². The molecule has 0 spiro atoms. The van der Waals surface area contributed by atoms with E-state index in [9.17, 15) is 13.6 Å². The van der Waals surface area contributed by atoms with Crippen LogP contribution in [0.1, 0.15) is 21.7 Å². The Hall–Kier alpha value is -3.85. The quantitative estimate of drug-likeness (QED) is 0.296. The maximum atomic E-state index is 14.4. The molecule has 0 saturated heterocycles. The standard InChI is InChI=1S/C26H22F2N4O2S/c1-15-10-16(2)32(30-15)9-8-31(26-29-24-21(28)13-19(27)14-23(24)35-26)25(33)20-11-17-6-4-5-7-18(17)12-22(20)34-3/h4-7,10-14H,8-9H2,1-3H3. The van der Waals surface area contributed by atoms with Gasteiger partial charge in [-0.1, -0.05) is 35.6 Å². The number of rotatable bonds is 6. The second-order valence-corrected chi connectivity index (χ2v) is 9.25. The molecule has 1 amide bonds. The molecule has 0 unspecified atom stereocenters. The smallest absolute Gasteiger partial charge is 0.263 e. The molecule has 0 aliphatic carbocycles. The van der Waals surface area contributed by atoms with Gasteiger partial charge in [-0.15, -0.1) is 0 Å². The highest BCUT2D eigenvalue weighted by molar-refractivity contribution is 7.22. The number of thiazole rings is 1. The van der Waals surface area contributed by atoms with Crippen LogP contribution in [0.25, 0.3) is 21.0 Å². The van der Waals surface area contributed by atoms with E-state index in [2.05, 4.69) is 10.1 Å². The van der Waals surface area contributed by atoms with Gasteiger partial charge < -0.3 is 4.74 Å². The van der Waals surface area contributed by atoms with Gasteiger partial charge in [0.1, 0.15) is 17.1 Å². The maximum Gasteiger partial charge on any atom is 0.263 e. The number of nitrogens with zero attached hydrogens (tertiary/aromatic N) is 4. The molecule has 0 aliphatic heterocycles. The molecule has 0 saturated carbocycles. The summed E-state index contributed by atoms with van der Waals surface area (Å²) in [5.41, 5.74) is 2.20. The highest BCUT2D eigenvalue weighted by Crippen LogP contribution is 2.34. The van der Waals surface area contributed by atoms with Crippen LogP contribution in [-0.4, -0.2) is 34.3 Å². The summed E-state index contributed by atoms with van der Waals surface area (Å²) in [4.78, 5) is 19.8. The van der Waals surface area contributed by atoms with Gasteiger partial charge in [-0.3, -0.25) is 14.4 Å². The van der Waals surface area contributed by atoms with Crippen molar-refractivity contribution in [3.05, 3.63) is 83.2 Å². The second kappa shape index (κ2) is 9.07. The molecule has 5 aromatic rings. The van der Waals surface area contributed by atoms with E-state index in [1.54, 1.807) is 10.7 Å². The first-order chi connectivity index (χ1) is 16.8. The zero-order chi connectivity index (χ0) is 24.7. The number of carbonyl (C=O) groups is 1. The summed E-state index contributed by atoms with van der Waals surface area (Å²) in [6.07, 6.45) is 0. The summed E-state index contributed by atoms with van der Waals surface area (Å²) in [5, 5.41) is 6.57. The normalized spacial score (nSPS) is 11.3. The number of halogens is 2. The first kappa shape index (κ1) is 22.9. The first-order valence-electron chi connectivity index (χ1n) is 11.0. The van der Waals surface area contributed by atoms with Crippen LogP contribution in [0.4, 0.5) is 13.9 Å². The summed E-state index contributed by atoms with van der Waals surface area (Å²) in [5.74, 6) is -1.39.